The number of ether oxygens (including phenoxy) is 1. The number of hydrogen-bond donors (Lipinski definition) is 2. The number of nitrogens with zero attached hydrogens (tertiary/aromatic N) is 1. The summed E-state index contributed by atoms with van der Waals surface area (Å²) in [6.45, 7) is 7.81. The van der Waals surface area contributed by atoms with Crippen molar-refractivity contribution in [2.24, 2.45) is 0 Å². The molecule has 0 aliphatic rings. The highest BCUT2D eigenvalue weighted by molar-refractivity contribution is 5.94. The van der Waals surface area contributed by atoms with Crippen LogP contribution < -0.4 is 0 Å². The minimum absolute atomic E-state index is 0.108. The van der Waals surface area contributed by atoms with Crippen molar-refractivity contribution < 1.29 is 24.5 Å². The Labute approximate surface area is 123 Å². The monoisotopic (exact) mass is 293 g/mol. The molecule has 1 amide bonds. The second kappa shape index (κ2) is 7.33. The summed E-state index contributed by atoms with van der Waals surface area (Å²) in [4.78, 5) is 25.2. The molecule has 0 aromatic heterocycles. The molecule has 0 saturated heterocycles. The Hall–Kier alpha value is -2.50. The molecule has 1 rings (SSSR count). The highest BCUT2D eigenvalue weighted by Crippen LogP contribution is 2.23. The number of esters is 1. The van der Waals surface area contributed by atoms with Crippen LogP contribution in [0.2, 0.25) is 0 Å². The lowest BCUT2D eigenvalue weighted by Gasteiger charge is -2.20. The van der Waals surface area contributed by atoms with Crippen LogP contribution in [0.4, 0.5) is 0 Å². The molecule has 2 N–H and O–H groups in total. The molecule has 114 valence electrons. The van der Waals surface area contributed by atoms with Crippen LogP contribution in [0.25, 0.3) is 0 Å². The lowest BCUT2D eigenvalue weighted by Crippen LogP contribution is -2.35. The van der Waals surface area contributed by atoms with E-state index in [1.165, 1.54) is 17.0 Å². The molecule has 0 saturated carbocycles. The van der Waals surface area contributed by atoms with Gasteiger partial charge in [-0.05, 0) is 26.0 Å². The van der Waals surface area contributed by atoms with Gasteiger partial charge >= 0.3 is 5.97 Å². The van der Waals surface area contributed by atoms with E-state index in [-0.39, 0.29) is 17.2 Å². The summed E-state index contributed by atoms with van der Waals surface area (Å²) in [6.07, 6.45) is 0. The van der Waals surface area contributed by atoms with Crippen molar-refractivity contribution >= 4 is 11.9 Å². The lowest BCUT2D eigenvalue weighted by molar-refractivity contribution is -0.133. The normalized spacial score (nSPS) is 10.0. The first kappa shape index (κ1) is 16.6. The molecule has 6 nitrogen and oxygen atoms in total. The predicted molar refractivity (Wildman–Crippen MR) is 77.1 cm³/mol. The summed E-state index contributed by atoms with van der Waals surface area (Å²) < 4.78 is 4.87. The van der Waals surface area contributed by atoms with E-state index < -0.39 is 18.3 Å². The number of phenols is 2. The van der Waals surface area contributed by atoms with Crippen molar-refractivity contribution in [3.05, 3.63) is 35.9 Å². The van der Waals surface area contributed by atoms with Crippen molar-refractivity contribution in [2.75, 3.05) is 19.7 Å². The summed E-state index contributed by atoms with van der Waals surface area (Å²) in [5.41, 5.74) is 0.719. The van der Waals surface area contributed by atoms with E-state index in [0.717, 1.165) is 11.6 Å². The first-order valence-electron chi connectivity index (χ1n) is 6.46. The molecular formula is C15H19NO5. The highest BCUT2D eigenvalue weighted by Gasteiger charge is 2.17. The molecule has 1 aromatic rings. The number of likely N-dealkylation sites (N-methyl/N-ethyl adjacent to an activating group) is 1. The van der Waals surface area contributed by atoms with Crippen molar-refractivity contribution in [3.63, 3.8) is 0 Å². The minimum atomic E-state index is -0.827. The number of rotatable bonds is 6. The fourth-order valence-electron chi connectivity index (χ4n) is 1.69. The fraction of sp³-hybridized carbons (Fsp3) is 0.333. The first-order chi connectivity index (χ1) is 9.85. The number of hydrogen-bond acceptors (Lipinski definition) is 5. The zero-order valence-electron chi connectivity index (χ0n) is 12.1. The summed E-state index contributed by atoms with van der Waals surface area (Å²) >= 11 is 0. The van der Waals surface area contributed by atoms with E-state index >= 15 is 0 Å². The molecule has 1 aromatic carbocycles. The topological polar surface area (TPSA) is 87.1 Å². The third-order valence-electron chi connectivity index (χ3n) is 2.72. The van der Waals surface area contributed by atoms with Crippen molar-refractivity contribution in [3.8, 4) is 11.5 Å². The number of carbonyl (C=O) groups is 2. The second-order valence-electron chi connectivity index (χ2n) is 4.64. The number of benzene rings is 1. The maximum Gasteiger partial charge on any atom is 0.342 e. The largest absolute Gasteiger partial charge is 0.508 e. The number of amides is 1. The van der Waals surface area contributed by atoms with Crippen molar-refractivity contribution in [1.29, 1.82) is 0 Å². The van der Waals surface area contributed by atoms with Gasteiger partial charge in [-0.2, -0.15) is 0 Å². The van der Waals surface area contributed by atoms with Gasteiger partial charge in [0.2, 0.25) is 0 Å². The van der Waals surface area contributed by atoms with Gasteiger partial charge in [-0.3, -0.25) is 4.79 Å². The van der Waals surface area contributed by atoms with E-state index in [1.807, 2.05) is 6.92 Å². The van der Waals surface area contributed by atoms with Crippen LogP contribution in [0.5, 0.6) is 11.5 Å². The fourth-order valence-corrected chi connectivity index (χ4v) is 1.69. The van der Waals surface area contributed by atoms with Crippen LogP contribution in [0.15, 0.2) is 30.4 Å². The number of phenolic OH excluding ortho intramolecular Hbond substituents is 2. The van der Waals surface area contributed by atoms with Crippen LogP contribution in [-0.4, -0.2) is 46.7 Å². The lowest BCUT2D eigenvalue weighted by atomic mass is 10.2. The third-order valence-corrected chi connectivity index (χ3v) is 2.72. The van der Waals surface area contributed by atoms with E-state index in [9.17, 15) is 14.7 Å². The maximum absolute atomic E-state index is 11.9. The number of carbonyl (C=O) groups excluding carboxylic acids is 2. The molecule has 0 unspecified atom stereocenters. The smallest absolute Gasteiger partial charge is 0.342 e. The SMILES string of the molecule is C=C(C)CN(CC)C(=O)COC(=O)c1ccc(O)cc1O. The predicted octanol–water partition coefficient (Wildman–Crippen LogP) is 1.68. The molecule has 21 heavy (non-hydrogen) atoms. The van der Waals surface area contributed by atoms with Crippen LogP contribution in [0, 0.1) is 0 Å². The Kier molecular flexibility index (Phi) is 5.78. The van der Waals surface area contributed by atoms with Gasteiger partial charge in [0.15, 0.2) is 6.61 Å². The van der Waals surface area contributed by atoms with E-state index in [4.69, 9.17) is 9.84 Å². The standard InChI is InChI=1S/C15H19NO5/c1-4-16(8-10(2)3)14(19)9-21-15(20)12-6-5-11(17)7-13(12)18/h5-7,17-18H,2,4,8-9H2,1,3H3. The van der Waals surface area contributed by atoms with Crippen molar-refractivity contribution in [1.82, 2.24) is 4.90 Å². The quantitative estimate of drug-likeness (QED) is 0.615. The van der Waals surface area contributed by atoms with Gasteiger partial charge in [-0.25, -0.2) is 4.79 Å². The molecular weight excluding hydrogens is 274 g/mol. The summed E-state index contributed by atoms with van der Waals surface area (Å²) in [7, 11) is 0. The van der Waals surface area contributed by atoms with Gasteiger partial charge in [0, 0.05) is 19.2 Å². The summed E-state index contributed by atoms with van der Waals surface area (Å²) in [5, 5.41) is 18.7. The van der Waals surface area contributed by atoms with Crippen LogP contribution in [0.3, 0.4) is 0 Å². The Morgan fingerprint density at radius 3 is 2.52 bits per heavy atom. The van der Waals surface area contributed by atoms with Crippen LogP contribution >= 0.6 is 0 Å². The summed E-state index contributed by atoms with van der Waals surface area (Å²) in [5.74, 6) is -1.74. The average Bonchev–Trinajstić information content (AvgIpc) is 2.41. The average molecular weight is 293 g/mol. The molecule has 0 radical (unpaired) electrons. The molecule has 0 atom stereocenters. The van der Waals surface area contributed by atoms with Gasteiger partial charge in [-0.1, -0.05) is 12.2 Å². The van der Waals surface area contributed by atoms with E-state index in [2.05, 4.69) is 6.58 Å². The first-order valence-corrected chi connectivity index (χ1v) is 6.46. The van der Waals surface area contributed by atoms with Gasteiger partial charge in [0.05, 0.1) is 0 Å². The Bertz CT molecular complexity index is 553. The second-order valence-corrected chi connectivity index (χ2v) is 4.64. The zero-order chi connectivity index (χ0) is 16.0. The molecule has 6 heteroatoms. The summed E-state index contributed by atoms with van der Waals surface area (Å²) in [6, 6.07) is 3.50. The minimum Gasteiger partial charge on any atom is -0.508 e. The Morgan fingerprint density at radius 2 is 2.00 bits per heavy atom. The third kappa shape index (κ3) is 4.83. The van der Waals surface area contributed by atoms with Gasteiger partial charge in [-0.15, -0.1) is 0 Å². The van der Waals surface area contributed by atoms with Crippen molar-refractivity contribution in [2.45, 2.75) is 13.8 Å². The van der Waals surface area contributed by atoms with Crippen LogP contribution in [0.1, 0.15) is 24.2 Å². The molecule has 0 fully saturated rings. The van der Waals surface area contributed by atoms with E-state index in [0.29, 0.717) is 13.1 Å². The van der Waals surface area contributed by atoms with Gasteiger partial charge in [0.25, 0.3) is 5.91 Å². The Morgan fingerprint density at radius 1 is 1.33 bits per heavy atom. The van der Waals surface area contributed by atoms with E-state index in [1.54, 1.807) is 6.92 Å². The highest BCUT2D eigenvalue weighted by atomic mass is 16.5. The van der Waals surface area contributed by atoms with Gasteiger partial charge < -0.3 is 19.8 Å². The molecule has 0 aliphatic carbocycles. The van der Waals surface area contributed by atoms with Gasteiger partial charge in [0.1, 0.15) is 17.1 Å². The Balaban J connectivity index is 2.63. The molecule has 0 bridgehead atoms. The molecule has 0 heterocycles. The maximum atomic E-state index is 11.9. The molecule has 0 aliphatic heterocycles. The van der Waals surface area contributed by atoms with Crippen LogP contribution in [-0.2, 0) is 9.53 Å². The zero-order valence-corrected chi connectivity index (χ0v) is 12.1. The molecule has 0 spiro atoms. The number of aromatic hydroxyl groups is 2.